The zero-order chi connectivity index (χ0) is 26.2. The average molecular weight is 500 g/mol. The lowest BCUT2D eigenvalue weighted by atomic mass is 9.98. The quantitative estimate of drug-likeness (QED) is 0.607. The van der Waals surface area contributed by atoms with E-state index in [1.54, 1.807) is 30.0 Å². The largest absolute Gasteiger partial charge is 0.491 e. The molecule has 0 bridgehead atoms. The van der Waals surface area contributed by atoms with E-state index in [1.807, 2.05) is 20.8 Å². The number of aryl methyl sites for hydroxylation is 1. The maximum Gasteiger partial charge on any atom is 0.349 e. The third kappa shape index (κ3) is 5.05. The molecule has 2 atom stereocenters. The van der Waals surface area contributed by atoms with E-state index in [2.05, 4.69) is 10.6 Å². The summed E-state index contributed by atoms with van der Waals surface area (Å²) in [6, 6.07) is 8.75. The van der Waals surface area contributed by atoms with Gasteiger partial charge in [0.25, 0.3) is 11.8 Å². The summed E-state index contributed by atoms with van der Waals surface area (Å²) < 4.78 is 35.4. The molecule has 2 unspecified atom stereocenters. The summed E-state index contributed by atoms with van der Waals surface area (Å²) in [7, 11) is 0. The van der Waals surface area contributed by atoms with Crippen LogP contribution >= 0.6 is 0 Å². The van der Waals surface area contributed by atoms with E-state index in [4.69, 9.17) is 4.74 Å². The molecule has 0 saturated carbocycles. The van der Waals surface area contributed by atoms with Gasteiger partial charge >= 0.3 is 5.92 Å². The fourth-order valence-corrected chi connectivity index (χ4v) is 4.81. The van der Waals surface area contributed by atoms with E-state index in [9.17, 15) is 23.2 Å². The molecule has 1 saturated heterocycles. The van der Waals surface area contributed by atoms with Crippen molar-refractivity contribution >= 4 is 17.7 Å². The van der Waals surface area contributed by atoms with Crippen LogP contribution in [0.25, 0.3) is 0 Å². The zero-order valence-corrected chi connectivity index (χ0v) is 20.9. The Morgan fingerprint density at radius 2 is 1.97 bits per heavy atom. The molecule has 0 aliphatic carbocycles. The van der Waals surface area contributed by atoms with Crippen molar-refractivity contribution in [1.29, 1.82) is 0 Å². The van der Waals surface area contributed by atoms with E-state index in [0.717, 1.165) is 5.56 Å². The summed E-state index contributed by atoms with van der Waals surface area (Å²) >= 11 is 0. The van der Waals surface area contributed by atoms with Crippen LogP contribution in [0.2, 0.25) is 0 Å². The van der Waals surface area contributed by atoms with Crippen LogP contribution in [0.4, 0.5) is 8.78 Å². The van der Waals surface area contributed by atoms with Gasteiger partial charge < -0.3 is 20.3 Å². The number of hydrogen-bond acceptors (Lipinski definition) is 4. The lowest BCUT2D eigenvalue weighted by Gasteiger charge is -2.36. The molecule has 2 aromatic carbocycles. The highest BCUT2D eigenvalue weighted by Gasteiger charge is 2.41. The average Bonchev–Trinajstić information content (AvgIpc) is 3.13. The Hall–Kier alpha value is -3.49. The van der Waals surface area contributed by atoms with Gasteiger partial charge in [0.2, 0.25) is 5.91 Å². The number of carbonyl (C=O) groups is 3. The third-order valence-electron chi connectivity index (χ3n) is 6.67. The first-order valence-corrected chi connectivity index (χ1v) is 12.1. The molecule has 2 aliphatic heterocycles. The molecule has 0 spiro atoms. The summed E-state index contributed by atoms with van der Waals surface area (Å²) in [6.45, 7) is 7.51. The van der Waals surface area contributed by atoms with Gasteiger partial charge in [0, 0.05) is 36.7 Å². The van der Waals surface area contributed by atoms with Gasteiger partial charge in [-0.25, -0.2) is 0 Å². The second-order valence-electron chi connectivity index (χ2n) is 9.79. The highest BCUT2D eigenvalue weighted by atomic mass is 19.3. The molecule has 2 heterocycles. The summed E-state index contributed by atoms with van der Waals surface area (Å²) in [4.78, 5) is 38.7. The highest BCUT2D eigenvalue weighted by molar-refractivity contribution is 5.98. The van der Waals surface area contributed by atoms with Crippen LogP contribution in [-0.2, 0) is 28.6 Å². The van der Waals surface area contributed by atoms with Gasteiger partial charge in [0.15, 0.2) is 0 Å². The maximum atomic E-state index is 14.9. The van der Waals surface area contributed by atoms with E-state index >= 15 is 0 Å². The summed E-state index contributed by atoms with van der Waals surface area (Å²) in [5.74, 6) is -4.75. The third-order valence-corrected chi connectivity index (χ3v) is 6.67. The second-order valence-corrected chi connectivity index (χ2v) is 9.79. The van der Waals surface area contributed by atoms with Crippen molar-refractivity contribution < 1.29 is 27.9 Å². The smallest absolute Gasteiger partial charge is 0.349 e. The number of halogens is 2. The standard InChI is InChI=1S/C27H31F2N3O4/c1-15(2)36-23-9-6-20(11-16(23)3)27(28,29)26(35)30-13-18-5-7-21-19(12-18)14-32(25(21)34)22-8-10-24(33)31-17(22)4/h5-7,9,11-12,15,17,22H,8,10,13-14H2,1-4H3,(H,30,35)(H,31,33). The molecule has 7 nitrogen and oxygen atoms in total. The highest BCUT2D eigenvalue weighted by Crippen LogP contribution is 2.33. The molecule has 2 N–H and O–H groups in total. The molecule has 3 amide bonds. The van der Waals surface area contributed by atoms with Crippen LogP contribution in [0, 0.1) is 6.92 Å². The summed E-state index contributed by atoms with van der Waals surface area (Å²) in [5, 5.41) is 5.21. The van der Waals surface area contributed by atoms with Crippen molar-refractivity contribution in [1.82, 2.24) is 15.5 Å². The lowest BCUT2D eigenvalue weighted by molar-refractivity contribution is -0.147. The number of amides is 3. The Kier molecular flexibility index (Phi) is 7.02. The van der Waals surface area contributed by atoms with Crippen molar-refractivity contribution in [2.45, 2.75) is 77.7 Å². The van der Waals surface area contributed by atoms with Crippen LogP contribution < -0.4 is 15.4 Å². The maximum absolute atomic E-state index is 14.9. The second kappa shape index (κ2) is 9.87. The Bertz CT molecular complexity index is 1200. The van der Waals surface area contributed by atoms with Crippen molar-refractivity contribution in [3.8, 4) is 5.75 Å². The number of benzene rings is 2. The lowest BCUT2D eigenvalue weighted by Crippen LogP contribution is -2.54. The Balaban J connectivity index is 1.41. The molecular weight excluding hydrogens is 468 g/mol. The number of fused-ring (bicyclic) bond motifs is 1. The van der Waals surface area contributed by atoms with E-state index in [1.165, 1.54) is 18.2 Å². The molecule has 192 valence electrons. The summed E-state index contributed by atoms with van der Waals surface area (Å²) in [6.07, 6.45) is 0.863. The normalized spacial score (nSPS) is 19.8. The van der Waals surface area contributed by atoms with Crippen molar-refractivity contribution in [2.75, 3.05) is 0 Å². The van der Waals surface area contributed by atoms with Crippen molar-refractivity contribution in [2.24, 2.45) is 0 Å². The van der Waals surface area contributed by atoms with Crippen molar-refractivity contribution in [3.63, 3.8) is 0 Å². The fourth-order valence-electron chi connectivity index (χ4n) is 4.81. The number of nitrogens with one attached hydrogen (secondary N) is 2. The summed E-state index contributed by atoms with van der Waals surface area (Å²) in [5.41, 5.74) is 2.07. The van der Waals surface area contributed by atoms with Gasteiger partial charge in [0.05, 0.1) is 12.1 Å². The number of carbonyl (C=O) groups excluding carboxylic acids is 3. The molecule has 0 radical (unpaired) electrons. The van der Waals surface area contributed by atoms with Crippen molar-refractivity contribution in [3.05, 3.63) is 64.2 Å². The number of rotatable bonds is 7. The van der Waals surface area contributed by atoms with Gasteiger partial charge in [-0.05, 0) is 75.1 Å². The Morgan fingerprint density at radius 3 is 2.64 bits per heavy atom. The molecule has 2 aromatic rings. The van der Waals surface area contributed by atoms with Crippen LogP contribution in [0.3, 0.4) is 0 Å². The molecular formula is C27H31F2N3O4. The molecule has 36 heavy (non-hydrogen) atoms. The van der Waals surface area contributed by atoms with E-state index in [-0.39, 0.29) is 36.5 Å². The zero-order valence-electron chi connectivity index (χ0n) is 20.9. The number of hydrogen-bond donors (Lipinski definition) is 2. The topological polar surface area (TPSA) is 87.7 Å². The van der Waals surface area contributed by atoms with Gasteiger partial charge in [0.1, 0.15) is 5.75 Å². The minimum atomic E-state index is -3.72. The predicted octanol–water partition coefficient (Wildman–Crippen LogP) is 3.81. The first kappa shape index (κ1) is 25.6. The minimum absolute atomic E-state index is 0.0206. The Morgan fingerprint density at radius 1 is 1.22 bits per heavy atom. The molecule has 9 heteroatoms. The van der Waals surface area contributed by atoms with Crippen LogP contribution in [0.15, 0.2) is 36.4 Å². The first-order chi connectivity index (χ1) is 17.0. The van der Waals surface area contributed by atoms with E-state index < -0.39 is 17.4 Å². The van der Waals surface area contributed by atoms with Crippen LogP contribution in [0.5, 0.6) is 5.75 Å². The number of alkyl halides is 2. The molecule has 4 rings (SSSR count). The number of piperidine rings is 1. The van der Waals surface area contributed by atoms with Gasteiger partial charge in [-0.15, -0.1) is 0 Å². The Labute approximate surface area is 209 Å². The van der Waals surface area contributed by atoms with Crippen LogP contribution in [-0.4, -0.2) is 40.8 Å². The molecule has 0 aromatic heterocycles. The first-order valence-electron chi connectivity index (χ1n) is 12.1. The number of nitrogens with zero attached hydrogens (tertiary/aromatic N) is 1. The SMILES string of the molecule is Cc1cc(C(F)(F)C(=O)NCc2ccc3c(c2)CN(C2CCC(=O)NC2C)C3=O)ccc1OC(C)C. The fraction of sp³-hybridized carbons (Fsp3) is 0.444. The minimum Gasteiger partial charge on any atom is -0.491 e. The van der Waals surface area contributed by atoms with Gasteiger partial charge in [-0.3, -0.25) is 14.4 Å². The van der Waals surface area contributed by atoms with Gasteiger partial charge in [-0.1, -0.05) is 12.1 Å². The number of ether oxygens (including phenoxy) is 1. The predicted molar refractivity (Wildman–Crippen MR) is 130 cm³/mol. The monoisotopic (exact) mass is 499 g/mol. The van der Waals surface area contributed by atoms with Gasteiger partial charge in [-0.2, -0.15) is 8.78 Å². The van der Waals surface area contributed by atoms with Crippen LogP contribution in [0.1, 0.15) is 66.2 Å². The molecule has 1 fully saturated rings. The van der Waals surface area contributed by atoms with E-state index in [0.29, 0.717) is 41.8 Å². The molecule has 2 aliphatic rings.